The molecule has 1 atom stereocenters. The van der Waals surface area contributed by atoms with Gasteiger partial charge in [-0.1, -0.05) is 31.2 Å². The standard InChI is InChI=1S/C19H21NO5S/c1-4-14-9-11-15(12-10-14)20-18(21)13(2)25-19(22)16-7-5-6-8-17(16)26(3,23)24/h5-13H,4H2,1-3H3,(H,20,21). The van der Waals surface area contributed by atoms with E-state index in [1.54, 1.807) is 12.1 Å². The lowest BCUT2D eigenvalue weighted by Crippen LogP contribution is -2.30. The maximum absolute atomic E-state index is 12.3. The van der Waals surface area contributed by atoms with Crippen molar-refractivity contribution in [2.75, 3.05) is 11.6 Å². The molecule has 6 nitrogen and oxygen atoms in total. The molecular weight excluding hydrogens is 354 g/mol. The highest BCUT2D eigenvalue weighted by Gasteiger charge is 2.23. The number of anilines is 1. The number of nitrogens with one attached hydrogen (secondary N) is 1. The van der Waals surface area contributed by atoms with Crippen molar-refractivity contribution in [2.45, 2.75) is 31.3 Å². The van der Waals surface area contributed by atoms with E-state index in [1.165, 1.54) is 31.2 Å². The van der Waals surface area contributed by atoms with E-state index < -0.39 is 27.8 Å². The SMILES string of the molecule is CCc1ccc(NC(=O)C(C)OC(=O)c2ccccc2S(C)(=O)=O)cc1. The van der Waals surface area contributed by atoms with Gasteiger partial charge in [-0.3, -0.25) is 4.79 Å². The minimum absolute atomic E-state index is 0.0954. The molecule has 0 aliphatic carbocycles. The summed E-state index contributed by atoms with van der Waals surface area (Å²) in [5.74, 6) is -1.37. The van der Waals surface area contributed by atoms with E-state index >= 15 is 0 Å². The number of hydrogen-bond acceptors (Lipinski definition) is 5. The van der Waals surface area contributed by atoms with Crippen molar-refractivity contribution in [2.24, 2.45) is 0 Å². The van der Waals surface area contributed by atoms with E-state index in [0.29, 0.717) is 5.69 Å². The molecule has 26 heavy (non-hydrogen) atoms. The van der Waals surface area contributed by atoms with Crippen molar-refractivity contribution in [3.8, 4) is 0 Å². The Labute approximate surface area is 153 Å². The van der Waals surface area contributed by atoms with E-state index in [4.69, 9.17) is 4.74 Å². The van der Waals surface area contributed by atoms with Gasteiger partial charge in [0.25, 0.3) is 5.91 Å². The number of esters is 1. The molecule has 0 heterocycles. The van der Waals surface area contributed by atoms with E-state index in [-0.39, 0.29) is 10.5 Å². The lowest BCUT2D eigenvalue weighted by molar-refractivity contribution is -0.123. The molecule has 2 aromatic rings. The zero-order valence-electron chi connectivity index (χ0n) is 14.9. The fourth-order valence-corrected chi connectivity index (χ4v) is 3.18. The third-order valence-electron chi connectivity index (χ3n) is 3.79. The Kier molecular flexibility index (Phi) is 6.15. The lowest BCUT2D eigenvalue weighted by atomic mass is 10.1. The predicted octanol–water partition coefficient (Wildman–Crippen LogP) is 2.84. The van der Waals surface area contributed by atoms with Crippen LogP contribution in [0.5, 0.6) is 0 Å². The van der Waals surface area contributed by atoms with Crippen LogP contribution in [0.3, 0.4) is 0 Å². The van der Waals surface area contributed by atoms with Crippen LogP contribution in [-0.2, 0) is 25.8 Å². The number of sulfone groups is 1. The largest absolute Gasteiger partial charge is 0.449 e. The van der Waals surface area contributed by atoms with Gasteiger partial charge in [-0.25, -0.2) is 13.2 Å². The Balaban J connectivity index is 2.08. The van der Waals surface area contributed by atoms with Crippen molar-refractivity contribution in [1.82, 2.24) is 0 Å². The van der Waals surface area contributed by atoms with Crippen LogP contribution in [0.1, 0.15) is 29.8 Å². The second-order valence-electron chi connectivity index (χ2n) is 5.86. The van der Waals surface area contributed by atoms with Crippen molar-refractivity contribution in [1.29, 1.82) is 0 Å². The van der Waals surface area contributed by atoms with E-state index in [9.17, 15) is 18.0 Å². The normalized spacial score (nSPS) is 12.3. The van der Waals surface area contributed by atoms with Crippen LogP contribution in [0.4, 0.5) is 5.69 Å². The Bertz CT molecular complexity index is 904. The number of rotatable bonds is 6. The summed E-state index contributed by atoms with van der Waals surface area (Å²) in [5.41, 5.74) is 1.63. The summed E-state index contributed by atoms with van der Waals surface area (Å²) in [6, 6.07) is 13.1. The van der Waals surface area contributed by atoms with Crippen LogP contribution in [0.15, 0.2) is 53.4 Å². The number of carbonyl (C=O) groups is 2. The van der Waals surface area contributed by atoms with Gasteiger partial charge in [-0.15, -0.1) is 0 Å². The summed E-state index contributed by atoms with van der Waals surface area (Å²) in [4.78, 5) is 24.4. The Morgan fingerprint density at radius 1 is 1.08 bits per heavy atom. The molecule has 2 rings (SSSR count). The van der Waals surface area contributed by atoms with Gasteiger partial charge in [0.2, 0.25) is 0 Å². The lowest BCUT2D eigenvalue weighted by Gasteiger charge is -2.15. The van der Waals surface area contributed by atoms with Crippen LogP contribution in [-0.4, -0.2) is 32.7 Å². The Morgan fingerprint density at radius 3 is 2.27 bits per heavy atom. The molecule has 0 spiro atoms. The number of ether oxygens (including phenoxy) is 1. The van der Waals surface area contributed by atoms with Crippen LogP contribution < -0.4 is 5.32 Å². The molecule has 0 aliphatic rings. The zero-order valence-corrected chi connectivity index (χ0v) is 15.7. The molecule has 0 saturated heterocycles. The average molecular weight is 375 g/mol. The molecule has 0 aromatic heterocycles. The van der Waals surface area contributed by atoms with Gasteiger partial charge in [0, 0.05) is 11.9 Å². The smallest absolute Gasteiger partial charge is 0.340 e. The minimum atomic E-state index is -3.59. The average Bonchev–Trinajstić information content (AvgIpc) is 2.61. The number of carbonyl (C=O) groups excluding carboxylic acids is 2. The first kappa shape index (κ1) is 19.7. The van der Waals surface area contributed by atoms with Crippen LogP contribution in [0.2, 0.25) is 0 Å². The number of amides is 1. The van der Waals surface area contributed by atoms with Crippen LogP contribution >= 0.6 is 0 Å². The molecule has 2 aromatic carbocycles. The van der Waals surface area contributed by atoms with Gasteiger partial charge in [-0.05, 0) is 43.2 Å². The van der Waals surface area contributed by atoms with E-state index in [1.807, 2.05) is 19.1 Å². The molecule has 0 radical (unpaired) electrons. The minimum Gasteiger partial charge on any atom is -0.449 e. The first-order chi connectivity index (χ1) is 12.2. The van der Waals surface area contributed by atoms with Gasteiger partial charge >= 0.3 is 5.97 Å². The number of hydrogen-bond donors (Lipinski definition) is 1. The maximum atomic E-state index is 12.3. The van der Waals surface area contributed by atoms with Crippen LogP contribution in [0.25, 0.3) is 0 Å². The van der Waals surface area contributed by atoms with Crippen molar-refractivity contribution < 1.29 is 22.7 Å². The third kappa shape index (κ3) is 4.92. The molecule has 138 valence electrons. The molecule has 0 fully saturated rings. The summed E-state index contributed by atoms with van der Waals surface area (Å²) in [5, 5.41) is 2.66. The maximum Gasteiger partial charge on any atom is 0.340 e. The van der Waals surface area contributed by atoms with Crippen molar-refractivity contribution >= 4 is 27.4 Å². The van der Waals surface area contributed by atoms with E-state index in [2.05, 4.69) is 5.32 Å². The second-order valence-corrected chi connectivity index (χ2v) is 7.84. The molecular formula is C19H21NO5S. The first-order valence-electron chi connectivity index (χ1n) is 8.12. The summed E-state index contributed by atoms with van der Waals surface area (Å²) >= 11 is 0. The fraction of sp³-hybridized carbons (Fsp3) is 0.263. The van der Waals surface area contributed by atoms with Gasteiger partial charge in [0.05, 0.1) is 10.5 Å². The molecule has 0 saturated carbocycles. The third-order valence-corrected chi connectivity index (χ3v) is 4.94. The molecule has 0 bridgehead atoms. The first-order valence-corrected chi connectivity index (χ1v) is 10.0. The number of aryl methyl sites for hydroxylation is 1. The van der Waals surface area contributed by atoms with Gasteiger partial charge in [-0.2, -0.15) is 0 Å². The van der Waals surface area contributed by atoms with E-state index in [0.717, 1.165) is 18.2 Å². The fourth-order valence-electron chi connectivity index (χ4n) is 2.30. The highest BCUT2D eigenvalue weighted by atomic mass is 32.2. The molecule has 1 N–H and O–H groups in total. The summed E-state index contributed by atoms with van der Waals surface area (Å²) in [7, 11) is -3.59. The topological polar surface area (TPSA) is 89.5 Å². The highest BCUT2D eigenvalue weighted by molar-refractivity contribution is 7.90. The van der Waals surface area contributed by atoms with Crippen molar-refractivity contribution in [3.05, 3.63) is 59.7 Å². The molecule has 0 aliphatic heterocycles. The summed E-state index contributed by atoms with van der Waals surface area (Å²) < 4.78 is 28.7. The van der Waals surface area contributed by atoms with Crippen molar-refractivity contribution in [3.63, 3.8) is 0 Å². The Hall–Kier alpha value is -2.67. The summed E-state index contributed by atoms with van der Waals surface area (Å²) in [6.07, 6.45) is 0.818. The predicted molar refractivity (Wildman–Crippen MR) is 98.9 cm³/mol. The zero-order chi connectivity index (χ0) is 19.3. The highest BCUT2D eigenvalue weighted by Crippen LogP contribution is 2.17. The summed E-state index contributed by atoms with van der Waals surface area (Å²) in [6.45, 7) is 3.46. The van der Waals surface area contributed by atoms with Gasteiger partial charge < -0.3 is 10.1 Å². The quantitative estimate of drug-likeness (QED) is 0.784. The molecule has 1 amide bonds. The molecule has 1 unspecified atom stereocenters. The van der Waals surface area contributed by atoms with Gasteiger partial charge in [0.15, 0.2) is 15.9 Å². The Morgan fingerprint density at radius 2 is 1.69 bits per heavy atom. The molecule has 7 heteroatoms. The monoisotopic (exact) mass is 375 g/mol. The number of benzene rings is 2. The van der Waals surface area contributed by atoms with Crippen LogP contribution in [0, 0.1) is 0 Å². The van der Waals surface area contributed by atoms with Gasteiger partial charge in [0.1, 0.15) is 0 Å². The second kappa shape index (κ2) is 8.14.